The first-order chi connectivity index (χ1) is 14.8. The molecule has 0 saturated carbocycles. The lowest BCUT2D eigenvalue weighted by Crippen LogP contribution is -2.36. The summed E-state index contributed by atoms with van der Waals surface area (Å²) < 4.78 is 15.7. The lowest BCUT2D eigenvalue weighted by atomic mass is 10.1. The molecule has 0 bridgehead atoms. The van der Waals surface area contributed by atoms with Gasteiger partial charge in [-0.25, -0.2) is 9.69 Å². The average Bonchev–Trinajstić information content (AvgIpc) is 3.01. The topological polar surface area (TPSA) is 94.2 Å². The van der Waals surface area contributed by atoms with Crippen LogP contribution in [0.4, 0.5) is 4.79 Å². The number of imide groups is 1. The molecule has 3 rings (SSSR count). The predicted octanol–water partition coefficient (Wildman–Crippen LogP) is 3.65. The third-order valence-electron chi connectivity index (χ3n) is 4.34. The minimum Gasteiger partial charge on any atom is -0.493 e. The normalized spacial score (nSPS) is 14.6. The molecule has 31 heavy (non-hydrogen) atoms. The van der Waals surface area contributed by atoms with Gasteiger partial charge in [-0.05, 0) is 41.5 Å². The Bertz CT molecular complexity index is 1050. The third kappa shape index (κ3) is 5.28. The summed E-state index contributed by atoms with van der Waals surface area (Å²) in [6, 6.07) is 9.62. The molecule has 1 saturated heterocycles. The Hall–Kier alpha value is -3.23. The second-order valence-corrected chi connectivity index (χ2v) is 7.25. The number of nitrogens with zero attached hydrogens (tertiary/aromatic N) is 1. The van der Waals surface area contributed by atoms with Crippen LogP contribution in [0.5, 0.6) is 11.5 Å². The van der Waals surface area contributed by atoms with Crippen LogP contribution in [0.1, 0.15) is 11.1 Å². The fourth-order valence-corrected chi connectivity index (χ4v) is 3.17. The zero-order valence-corrected chi connectivity index (χ0v) is 18.1. The van der Waals surface area contributed by atoms with E-state index >= 15 is 0 Å². The Morgan fingerprint density at radius 1 is 1.13 bits per heavy atom. The van der Waals surface area contributed by atoms with E-state index in [-0.39, 0.29) is 17.3 Å². The summed E-state index contributed by atoms with van der Waals surface area (Å²) in [6.07, 6.45) is 1.43. The summed E-state index contributed by atoms with van der Waals surface area (Å²) in [5.74, 6) is -0.697. The van der Waals surface area contributed by atoms with E-state index in [0.717, 1.165) is 10.5 Å². The molecule has 1 N–H and O–H groups in total. The summed E-state index contributed by atoms with van der Waals surface area (Å²) in [5.41, 5.74) is 1.37. The molecule has 2 aromatic rings. The average molecular weight is 465 g/mol. The molecular weight excluding hydrogens is 447 g/mol. The van der Waals surface area contributed by atoms with Crippen molar-refractivity contribution in [3.05, 3.63) is 63.3 Å². The van der Waals surface area contributed by atoms with Crippen molar-refractivity contribution < 1.29 is 28.6 Å². The standard InChI is InChI=1S/C21H18Cl2N2O6/c1-29-17-9-13(8-16-20(27)25(21(28)24-16)10-18(26)30-2)7-15(23)19(17)31-11-12-3-5-14(22)6-4-12/h3-9H,10-11H2,1-2H3,(H,24,28)/b16-8+. The number of hydrogen-bond acceptors (Lipinski definition) is 6. The quantitative estimate of drug-likeness (QED) is 0.381. The first-order valence-electron chi connectivity index (χ1n) is 8.98. The van der Waals surface area contributed by atoms with Crippen molar-refractivity contribution in [2.24, 2.45) is 0 Å². The molecule has 1 heterocycles. The van der Waals surface area contributed by atoms with E-state index in [0.29, 0.717) is 22.1 Å². The van der Waals surface area contributed by atoms with Crippen molar-refractivity contribution in [2.45, 2.75) is 6.61 Å². The van der Waals surface area contributed by atoms with Gasteiger partial charge in [-0.3, -0.25) is 9.59 Å². The maximum Gasteiger partial charge on any atom is 0.329 e. The van der Waals surface area contributed by atoms with Crippen molar-refractivity contribution >= 4 is 47.2 Å². The Balaban J connectivity index is 1.80. The summed E-state index contributed by atoms with van der Waals surface area (Å²) in [7, 11) is 2.63. The molecule has 0 unspecified atom stereocenters. The SMILES string of the molecule is COC(=O)CN1C(=O)N/C(=C/c2cc(Cl)c(OCc3ccc(Cl)cc3)c(OC)c2)C1=O. The highest BCUT2D eigenvalue weighted by Gasteiger charge is 2.35. The number of carbonyl (C=O) groups excluding carboxylic acids is 3. The van der Waals surface area contributed by atoms with E-state index in [1.54, 1.807) is 24.3 Å². The molecule has 0 aromatic heterocycles. The maximum absolute atomic E-state index is 12.4. The molecule has 1 fully saturated rings. The molecule has 1 aliphatic rings. The van der Waals surface area contributed by atoms with Gasteiger partial charge in [-0.1, -0.05) is 35.3 Å². The minimum atomic E-state index is -0.720. The molecule has 10 heteroatoms. The van der Waals surface area contributed by atoms with Crippen LogP contribution in [0.15, 0.2) is 42.1 Å². The monoisotopic (exact) mass is 464 g/mol. The zero-order valence-electron chi connectivity index (χ0n) is 16.6. The summed E-state index contributed by atoms with van der Waals surface area (Å²) in [6.45, 7) is -0.245. The van der Waals surface area contributed by atoms with Crippen molar-refractivity contribution in [1.82, 2.24) is 10.2 Å². The zero-order chi connectivity index (χ0) is 22.5. The van der Waals surface area contributed by atoms with Gasteiger partial charge in [0.15, 0.2) is 11.5 Å². The van der Waals surface area contributed by atoms with E-state index in [4.69, 9.17) is 32.7 Å². The molecule has 2 aromatic carbocycles. The molecule has 162 valence electrons. The largest absolute Gasteiger partial charge is 0.493 e. The number of amides is 3. The van der Waals surface area contributed by atoms with Crippen LogP contribution in [-0.2, 0) is 20.9 Å². The lowest BCUT2D eigenvalue weighted by molar-refractivity contribution is -0.143. The van der Waals surface area contributed by atoms with Gasteiger partial charge < -0.3 is 19.5 Å². The van der Waals surface area contributed by atoms with E-state index in [2.05, 4.69) is 10.1 Å². The molecule has 0 spiro atoms. The van der Waals surface area contributed by atoms with Crippen molar-refractivity contribution in [3.63, 3.8) is 0 Å². The molecular formula is C21H18Cl2N2O6. The molecule has 3 amide bonds. The highest BCUT2D eigenvalue weighted by Crippen LogP contribution is 2.37. The minimum absolute atomic E-state index is 0.0122. The number of esters is 1. The Morgan fingerprint density at radius 2 is 1.84 bits per heavy atom. The Labute approximate surface area is 188 Å². The molecule has 8 nitrogen and oxygen atoms in total. The van der Waals surface area contributed by atoms with E-state index in [1.165, 1.54) is 20.3 Å². The van der Waals surface area contributed by atoms with Gasteiger partial charge in [0.2, 0.25) is 0 Å². The Morgan fingerprint density at radius 3 is 2.48 bits per heavy atom. The summed E-state index contributed by atoms with van der Waals surface area (Å²) in [5, 5.41) is 3.29. The number of halogens is 2. The molecule has 0 radical (unpaired) electrons. The number of rotatable bonds is 7. The fraction of sp³-hybridized carbons (Fsp3) is 0.190. The molecule has 1 aliphatic heterocycles. The number of benzene rings is 2. The first-order valence-corrected chi connectivity index (χ1v) is 9.74. The number of nitrogens with one attached hydrogen (secondary N) is 1. The van der Waals surface area contributed by atoms with Gasteiger partial charge in [-0.2, -0.15) is 0 Å². The van der Waals surface area contributed by atoms with Crippen molar-refractivity contribution in [2.75, 3.05) is 20.8 Å². The highest BCUT2D eigenvalue weighted by molar-refractivity contribution is 6.32. The first kappa shape index (κ1) is 22.5. The van der Waals surface area contributed by atoms with Crippen LogP contribution in [0.3, 0.4) is 0 Å². The second-order valence-electron chi connectivity index (χ2n) is 6.40. The molecule has 0 aliphatic carbocycles. The van der Waals surface area contributed by atoms with Crippen LogP contribution < -0.4 is 14.8 Å². The smallest absolute Gasteiger partial charge is 0.329 e. The van der Waals surface area contributed by atoms with Crippen LogP contribution in [0.25, 0.3) is 6.08 Å². The summed E-state index contributed by atoms with van der Waals surface area (Å²) >= 11 is 12.3. The number of urea groups is 1. The van der Waals surface area contributed by atoms with Gasteiger partial charge in [0.25, 0.3) is 5.91 Å². The van der Waals surface area contributed by atoms with Crippen molar-refractivity contribution in [3.8, 4) is 11.5 Å². The highest BCUT2D eigenvalue weighted by atomic mass is 35.5. The van der Waals surface area contributed by atoms with Gasteiger partial charge in [0.1, 0.15) is 18.8 Å². The molecule has 0 atom stereocenters. The van der Waals surface area contributed by atoms with Crippen LogP contribution in [0.2, 0.25) is 10.0 Å². The summed E-state index contributed by atoms with van der Waals surface area (Å²) in [4.78, 5) is 36.6. The van der Waals surface area contributed by atoms with Crippen molar-refractivity contribution in [1.29, 1.82) is 0 Å². The predicted molar refractivity (Wildman–Crippen MR) is 114 cm³/mol. The number of carbonyl (C=O) groups is 3. The van der Waals surface area contributed by atoms with Crippen LogP contribution in [0, 0.1) is 0 Å². The lowest BCUT2D eigenvalue weighted by Gasteiger charge is -2.13. The Kier molecular flexibility index (Phi) is 7.04. The van der Waals surface area contributed by atoms with Gasteiger partial charge in [0, 0.05) is 5.02 Å². The van der Waals surface area contributed by atoms with E-state index in [9.17, 15) is 14.4 Å². The number of methoxy groups -OCH3 is 2. The number of hydrogen-bond donors (Lipinski definition) is 1. The number of ether oxygens (including phenoxy) is 3. The fourth-order valence-electron chi connectivity index (χ4n) is 2.77. The van der Waals surface area contributed by atoms with E-state index in [1.807, 2.05) is 12.1 Å². The maximum atomic E-state index is 12.4. The second kappa shape index (κ2) is 9.72. The van der Waals surface area contributed by atoms with Crippen LogP contribution >= 0.6 is 23.2 Å². The van der Waals surface area contributed by atoms with Gasteiger partial charge >= 0.3 is 12.0 Å². The third-order valence-corrected chi connectivity index (χ3v) is 4.87. The van der Waals surface area contributed by atoms with E-state index < -0.39 is 24.5 Å². The van der Waals surface area contributed by atoms with Gasteiger partial charge in [0.05, 0.1) is 19.2 Å². The van der Waals surface area contributed by atoms with Crippen LogP contribution in [-0.4, -0.2) is 43.6 Å². The van der Waals surface area contributed by atoms with Gasteiger partial charge in [-0.15, -0.1) is 0 Å².